The molecule has 0 aliphatic carbocycles. The molecular weight excluding hydrogens is 433 g/mol. The van der Waals surface area contributed by atoms with Gasteiger partial charge in [-0.3, -0.25) is 0 Å². The molecule has 0 radical (unpaired) electrons. The Morgan fingerprint density at radius 3 is 1.97 bits per heavy atom. The largest absolute Gasteiger partial charge is 0.368 e. The van der Waals surface area contributed by atoms with Crippen LogP contribution in [0.25, 0.3) is 22.3 Å². The molecule has 170 valence electrons. The van der Waals surface area contributed by atoms with Gasteiger partial charge in [0, 0.05) is 11.1 Å². The van der Waals surface area contributed by atoms with Crippen LogP contribution >= 0.6 is 0 Å². The van der Waals surface area contributed by atoms with Crippen molar-refractivity contribution in [2.45, 2.75) is 31.0 Å². The molecule has 7 heteroatoms. The molecule has 1 atom stereocenters. The second kappa shape index (κ2) is 7.40. The van der Waals surface area contributed by atoms with Gasteiger partial charge in [-0.15, -0.1) is 0 Å². The molecule has 33 heavy (non-hydrogen) atoms. The van der Waals surface area contributed by atoms with E-state index in [1.165, 1.54) is 12.1 Å². The zero-order valence-corrected chi connectivity index (χ0v) is 17.9. The van der Waals surface area contributed by atoms with Crippen molar-refractivity contribution < 1.29 is 32.1 Å². The van der Waals surface area contributed by atoms with Crippen LogP contribution in [0.4, 0.5) is 13.2 Å². The summed E-state index contributed by atoms with van der Waals surface area (Å²) in [5.74, 6) is -3.22. The number of benzene rings is 3. The topological polar surface area (TPSA) is 40.2 Å². The molecule has 6 rings (SSSR count). The summed E-state index contributed by atoms with van der Waals surface area (Å²) in [7, 11) is 0. The summed E-state index contributed by atoms with van der Waals surface area (Å²) in [6, 6.07) is 14.2. The van der Waals surface area contributed by atoms with Gasteiger partial charge in [0.05, 0.1) is 25.4 Å². The summed E-state index contributed by atoms with van der Waals surface area (Å²) in [6.45, 7) is 3.29. The lowest BCUT2D eigenvalue weighted by Gasteiger charge is -2.24. The Labute approximate surface area is 188 Å². The molecule has 0 amide bonds. The van der Waals surface area contributed by atoms with Crippen molar-refractivity contribution >= 4 is 0 Å². The Kier molecular flexibility index (Phi) is 4.68. The van der Waals surface area contributed by atoms with Gasteiger partial charge in [-0.1, -0.05) is 43.3 Å². The van der Waals surface area contributed by atoms with Gasteiger partial charge in [-0.2, -0.15) is 0 Å². The average molecular weight is 454 g/mol. The van der Waals surface area contributed by atoms with Crippen molar-refractivity contribution in [2.75, 3.05) is 19.8 Å². The van der Waals surface area contributed by atoms with Crippen molar-refractivity contribution in [3.8, 4) is 22.3 Å². The van der Waals surface area contributed by atoms with Gasteiger partial charge in [0.1, 0.15) is 29.2 Å². The Morgan fingerprint density at radius 1 is 0.818 bits per heavy atom. The monoisotopic (exact) mass is 454 g/mol. The smallest absolute Gasteiger partial charge is 0.312 e. The fraction of sp³-hybridized carbons (Fsp3) is 0.308. The van der Waals surface area contributed by atoms with Crippen molar-refractivity contribution in [1.29, 1.82) is 0 Å². The van der Waals surface area contributed by atoms with Gasteiger partial charge >= 0.3 is 5.97 Å². The molecule has 0 N–H and O–H groups in total. The maximum atomic E-state index is 15.0. The van der Waals surface area contributed by atoms with Gasteiger partial charge in [0.15, 0.2) is 0 Å². The summed E-state index contributed by atoms with van der Waals surface area (Å²) in [4.78, 5) is 0. The molecule has 1 unspecified atom stereocenters. The zero-order valence-electron chi connectivity index (χ0n) is 17.9. The quantitative estimate of drug-likeness (QED) is 0.454. The van der Waals surface area contributed by atoms with Gasteiger partial charge in [0.2, 0.25) is 0 Å². The highest BCUT2D eigenvalue weighted by Crippen LogP contribution is 2.48. The van der Waals surface area contributed by atoms with E-state index in [1.807, 2.05) is 31.2 Å². The lowest BCUT2D eigenvalue weighted by atomic mass is 9.97. The number of hydrogen-bond donors (Lipinski definition) is 0. The third kappa shape index (κ3) is 3.38. The molecule has 2 bridgehead atoms. The molecule has 3 heterocycles. The number of hydrogen-bond acceptors (Lipinski definition) is 4. The van der Waals surface area contributed by atoms with E-state index in [2.05, 4.69) is 0 Å². The first-order valence-electron chi connectivity index (χ1n) is 10.9. The SMILES string of the molecule is CCC12COC(c3ccc(-c4ccc(-c5cc(F)c(C6CO6)c(F)c5)c(F)c4)cc3)(OC1)O2. The number of halogens is 3. The molecule has 3 aromatic carbocycles. The van der Waals surface area contributed by atoms with E-state index in [1.54, 1.807) is 6.07 Å². The molecule has 0 spiro atoms. The first kappa shape index (κ1) is 20.9. The van der Waals surface area contributed by atoms with Crippen LogP contribution in [0.2, 0.25) is 0 Å². The minimum Gasteiger partial charge on any atom is -0.368 e. The van der Waals surface area contributed by atoms with Crippen molar-refractivity contribution in [3.63, 3.8) is 0 Å². The molecule has 0 saturated carbocycles. The van der Waals surface area contributed by atoms with E-state index in [0.717, 1.165) is 29.7 Å². The minimum absolute atomic E-state index is 0.104. The van der Waals surface area contributed by atoms with Gasteiger partial charge in [-0.05, 0) is 41.3 Å². The van der Waals surface area contributed by atoms with Crippen LogP contribution in [0.5, 0.6) is 0 Å². The Morgan fingerprint density at radius 2 is 1.42 bits per heavy atom. The summed E-state index contributed by atoms with van der Waals surface area (Å²) in [5.41, 5.74) is 1.90. The molecule has 4 nitrogen and oxygen atoms in total. The Hall–Kier alpha value is -2.71. The highest BCUT2D eigenvalue weighted by molar-refractivity contribution is 5.71. The van der Waals surface area contributed by atoms with E-state index < -0.39 is 35.1 Å². The van der Waals surface area contributed by atoms with Crippen molar-refractivity contribution in [2.24, 2.45) is 0 Å². The molecule has 3 aliphatic rings. The van der Waals surface area contributed by atoms with Crippen molar-refractivity contribution in [3.05, 3.63) is 83.2 Å². The fourth-order valence-electron chi connectivity index (χ4n) is 4.50. The second-order valence-electron chi connectivity index (χ2n) is 8.72. The lowest BCUT2D eigenvalue weighted by molar-refractivity contribution is -0.310. The second-order valence-corrected chi connectivity index (χ2v) is 8.72. The number of ether oxygens (including phenoxy) is 4. The molecular formula is C26H21F3O4. The maximum Gasteiger partial charge on any atom is 0.312 e. The van der Waals surface area contributed by atoms with Crippen LogP contribution in [0, 0.1) is 17.5 Å². The van der Waals surface area contributed by atoms with E-state index in [-0.39, 0.29) is 16.7 Å². The molecule has 3 fully saturated rings. The first-order chi connectivity index (χ1) is 15.9. The maximum absolute atomic E-state index is 15.0. The van der Waals surface area contributed by atoms with Crippen LogP contribution in [0.15, 0.2) is 54.6 Å². The Balaban J connectivity index is 1.27. The predicted molar refractivity (Wildman–Crippen MR) is 114 cm³/mol. The van der Waals surface area contributed by atoms with E-state index in [0.29, 0.717) is 25.4 Å². The van der Waals surface area contributed by atoms with E-state index in [9.17, 15) is 13.2 Å². The Bertz CT molecular complexity index is 1210. The number of rotatable bonds is 5. The average Bonchev–Trinajstić information content (AvgIpc) is 3.48. The third-order valence-electron chi connectivity index (χ3n) is 6.63. The predicted octanol–water partition coefficient (Wildman–Crippen LogP) is 5.85. The van der Waals surface area contributed by atoms with Crippen molar-refractivity contribution in [1.82, 2.24) is 0 Å². The van der Waals surface area contributed by atoms with E-state index >= 15 is 0 Å². The summed E-state index contributed by atoms with van der Waals surface area (Å²) < 4.78 is 66.4. The molecule has 3 saturated heterocycles. The summed E-state index contributed by atoms with van der Waals surface area (Å²) in [5, 5.41) is 0. The standard InChI is InChI=1S/C26H21F3O4/c1-2-25-13-31-26(33-25,32-14-25)18-6-3-15(4-7-18)16-5-8-19(20(27)9-16)17-10-21(28)24(22(29)11-17)23-12-30-23/h3-11,23H,2,12-14H2,1H3. The molecule has 0 aromatic heterocycles. The normalized spacial score (nSPS) is 27.8. The number of epoxide rings is 1. The van der Waals surface area contributed by atoms with Gasteiger partial charge in [-0.25, -0.2) is 13.2 Å². The van der Waals surface area contributed by atoms with Crippen LogP contribution in [-0.4, -0.2) is 25.4 Å². The highest BCUT2D eigenvalue weighted by atomic mass is 19.1. The highest BCUT2D eigenvalue weighted by Gasteiger charge is 2.59. The van der Waals surface area contributed by atoms with Gasteiger partial charge in [0.25, 0.3) is 0 Å². The lowest BCUT2D eigenvalue weighted by Crippen LogP contribution is -2.34. The van der Waals surface area contributed by atoms with Gasteiger partial charge < -0.3 is 18.9 Å². The number of fused-ring (bicyclic) bond motifs is 2. The van der Waals surface area contributed by atoms with Crippen LogP contribution in [0.3, 0.4) is 0 Å². The summed E-state index contributed by atoms with van der Waals surface area (Å²) in [6.07, 6.45) is 0.241. The molecule has 3 aliphatic heterocycles. The minimum atomic E-state index is -1.19. The van der Waals surface area contributed by atoms with E-state index in [4.69, 9.17) is 18.9 Å². The third-order valence-corrected chi connectivity index (χ3v) is 6.63. The fourth-order valence-corrected chi connectivity index (χ4v) is 4.50. The first-order valence-corrected chi connectivity index (χ1v) is 10.9. The molecule has 3 aromatic rings. The summed E-state index contributed by atoms with van der Waals surface area (Å²) >= 11 is 0. The zero-order chi connectivity index (χ0) is 22.8. The van der Waals surface area contributed by atoms with Crippen LogP contribution in [-0.2, 0) is 24.9 Å². The van der Waals surface area contributed by atoms with Crippen LogP contribution < -0.4 is 0 Å². The van der Waals surface area contributed by atoms with Crippen LogP contribution in [0.1, 0.15) is 30.6 Å².